The van der Waals surface area contributed by atoms with E-state index in [9.17, 15) is 14.9 Å². The number of fused-ring (bicyclic) bond motifs is 1. The molecular weight excluding hydrogens is 280 g/mol. The summed E-state index contributed by atoms with van der Waals surface area (Å²) < 4.78 is 5.48. The lowest BCUT2D eigenvalue weighted by atomic mass is 10.0. The number of para-hydroxylation sites is 1. The van der Waals surface area contributed by atoms with Crippen molar-refractivity contribution in [2.24, 2.45) is 5.73 Å². The zero-order valence-corrected chi connectivity index (χ0v) is 10.9. The van der Waals surface area contributed by atoms with Crippen LogP contribution in [-0.4, -0.2) is 39.6 Å². The van der Waals surface area contributed by atoms with Gasteiger partial charge >= 0.3 is 5.97 Å². The van der Waals surface area contributed by atoms with E-state index < -0.39 is 16.4 Å². The summed E-state index contributed by atoms with van der Waals surface area (Å²) in [4.78, 5) is 27.2. The number of aliphatic carboxylic acids is 1. The van der Waals surface area contributed by atoms with Gasteiger partial charge in [-0.25, -0.2) is 0 Å². The maximum absolute atomic E-state index is 11.1. The van der Waals surface area contributed by atoms with Crippen LogP contribution in [0.25, 0.3) is 11.1 Å². The van der Waals surface area contributed by atoms with Crippen LogP contribution in [0.4, 0.5) is 11.7 Å². The summed E-state index contributed by atoms with van der Waals surface area (Å²) in [5.41, 5.74) is 4.70. The topological polar surface area (TPSA) is 136 Å². The SMILES string of the molecule is NC1(C(=O)O)CCN(c2nc3c([N+](=O)[O-])cccc3o2)C1. The van der Waals surface area contributed by atoms with Gasteiger partial charge in [-0.3, -0.25) is 14.9 Å². The van der Waals surface area contributed by atoms with E-state index in [1.807, 2.05) is 0 Å². The van der Waals surface area contributed by atoms with Gasteiger partial charge in [-0.2, -0.15) is 4.98 Å². The Hall–Kier alpha value is -2.68. The van der Waals surface area contributed by atoms with Crippen molar-refractivity contribution in [3.05, 3.63) is 28.3 Å². The minimum Gasteiger partial charge on any atom is -0.480 e. The Labute approximate surface area is 118 Å². The van der Waals surface area contributed by atoms with E-state index in [2.05, 4.69) is 4.98 Å². The van der Waals surface area contributed by atoms with E-state index in [1.54, 1.807) is 11.0 Å². The largest absolute Gasteiger partial charge is 0.480 e. The molecule has 0 spiro atoms. The molecule has 1 aromatic carbocycles. The van der Waals surface area contributed by atoms with Gasteiger partial charge in [0.1, 0.15) is 5.54 Å². The molecule has 1 aliphatic rings. The number of non-ortho nitro benzene ring substituents is 1. The first-order chi connectivity index (χ1) is 9.90. The summed E-state index contributed by atoms with van der Waals surface area (Å²) in [5.74, 6) is -1.09. The molecule has 9 heteroatoms. The summed E-state index contributed by atoms with van der Waals surface area (Å²) in [6, 6.07) is 4.56. The second-order valence-corrected chi connectivity index (χ2v) is 5.01. The molecule has 9 nitrogen and oxygen atoms in total. The molecule has 2 aromatic rings. The fourth-order valence-corrected chi connectivity index (χ4v) is 2.38. The molecule has 3 N–H and O–H groups in total. The number of anilines is 1. The van der Waals surface area contributed by atoms with Crippen molar-refractivity contribution < 1.29 is 19.2 Å². The summed E-state index contributed by atoms with van der Waals surface area (Å²) >= 11 is 0. The monoisotopic (exact) mass is 292 g/mol. The number of carboxylic acids is 1. The number of aromatic nitrogens is 1. The van der Waals surface area contributed by atoms with E-state index in [0.717, 1.165) is 0 Å². The van der Waals surface area contributed by atoms with Crippen LogP contribution in [0.15, 0.2) is 22.6 Å². The second kappa shape index (κ2) is 4.42. The number of hydrogen-bond donors (Lipinski definition) is 2. The molecule has 2 heterocycles. The summed E-state index contributed by atoms with van der Waals surface area (Å²) in [6.07, 6.45) is 0.253. The molecule has 110 valence electrons. The van der Waals surface area contributed by atoms with Crippen LogP contribution >= 0.6 is 0 Å². The zero-order chi connectivity index (χ0) is 15.2. The van der Waals surface area contributed by atoms with Crippen molar-refractivity contribution in [3.63, 3.8) is 0 Å². The average molecular weight is 292 g/mol. The van der Waals surface area contributed by atoms with Gasteiger partial charge in [-0.15, -0.1) is 0 Å². The van der Waals surface area contributed by atoms with E-state index in [-0.39, 0.29) is 35.8 Å². The first-order valence-corrected chi connectivity index (χ1v) is 6.22. The summed E-state index contributed by atoms with van der Waals surface area (Å²) in [6.45, 7) is 0.409. The highest BCUT2D eigenvalue weighted by Gasteiger charge is 2.42. The third kappa shape index (κ3) is 2.07. The number of oxazole rings is 1. The molecule has 0 amide bonds. The van der Waals surface area contributed by atoms with Crippen LogP contribution in [0.3, 0.4) is 0 Å². The Morgan fingerprint density at radius 1 is 1.57 bits per heavy atom. The van der Waals surface area contributed by atoms with Crippen LogP contribution < -0.4 is 10.6 Å². The number of hydrogen-bond acceptors (Lipinski definition) is 7. The molecule has 21 heavy (non-hydrogen) atoms. The van der Waals surface area contributed by atoms with Crippen molar-refractivity contribution in [2.45, 2.75) is 12.0 Å². The van der Waals surface area contributed by atoms with Gasteiger partial charge in [0.05, 0.1) is 11.5 Å². The van der Waals surface area contributed by atoms with Gasteiger partial charge in [-0.05, 0) is 12.5 Å². The van der Waals surface area contributed by atoms with Gasteiger partial charge in [0.2, 0.25) is 0 Å². The maximum Gasteiger partial charge on any atom is 0.325 e. The third-order valence-corrected chi connectivity index (χ3v) is 3.58. The van der Waals surface area contributed by atoms with Crippen LogP contribution in [-0.2, 0) is 4.79 Å². The van der Waals surface area contributed by atoms with E-state index in [0.29, 0.717) is 6.54 Å². The Morgan fingerprint density at radius 2 is 2.33 bits per heavy atom. The molecule has 0 radical (unpaired) electrons. The Bertz CT molecular complexity index is 742. The Kier molecular flexibility index (Phi) is 2.80. The molecule has 1 aliphatic heterocycles. The summed E-state index contributed by atoms with van der Waals surface area (Å²) in [7, 11) is 0. The van der Waals surface area contributed by atoms with E-state index in [1.165, 1.54) is 12.1 Å². The number of benzene rings is 1. The van der Waals surface area contributed by atoms with Crippen molar-refractivity contribution >= 4 is 28.8 Å². The molecule has 1 aromatic heterocycles. The highest BCUT2D eigenvalue weighted by Crippen LogP contribution is 2.31. The number of nitrogens with two attached hydrogens (primary N) is 1. The minimum atomic E-state index is -1.35. The molecule has 0 aliphatic carbocycles. The van der Waals surface area contributed by atoms with Gasteiger partial charge in [-0.1, -0.05) is 6.07 Å². The lowest BCUT2D eigenvalue weighted by Crippen LogP contribution is -2.50. The molecule has 0 saturated carbocycles. The molecule has 0 bridgehead atoms. The Balaban J connectivity index is 1.98. The third-order valence-electron chi connectivity index (χ3n) is 3.58. The Morgan fingerprint density at radius 3 is 2.95 bits per heavy atom. The van der Waals surface area contributed by atoms with Crippen molar-refractivity contribution in [3.8, 4) is 0 Å². The molecular formula is C12H12N4O5. The average Bonchev–Trinajstić information content (AvgIpc) is 3.02. The fraction of sp³-hybridized carbons (Fsp3) is 0.333. The maximum atomic E-state index is 11.1. The highest BCUT2D eigenvalue weighted by molar-refractivity contribution is 5.84. The van der Waals surface area contributed by atoms with Crippen molar-refractivity contribution in [2.75, 3.05) is 18.0 Å². The lowest BCUT2D eigenvalue weighted by Gasteiger charge is -2.18. The molecule has 3 rings (SSSR count). The summed E-state index contributed by atoms with van der Waals surface area (Å²) in [5, 5.41) is 20.1. The first kappa shape index (κ1) is 13.3. The van der Waals surface area contributed by atoms with Crippen LogP contribution in [0.1, 0.15) is 6.42 Å². The molecule has 1 atom stereocenters. The van der Waals surface area contributed by atoms with Gasteiger partial charge in [0.25, 0.3) is 11.7 Å². The highest BCUT2D eigenvalue weighted by atomic mass is 16.6. The zero-order valence-electron chi connectivity index (χ0n) is 10.9. The predicted octanol–water partition coefficient (Wildman–Crippen LogP) is 0.728. The van der Waals surface area contributed by atoms with Crippen LogP contribution in [0.2, 0.25) is 0 Å². The predicted molar refractivity (Wildman–Crippen MR) is 72.0 cm³/mol. The van der Waals surface area contributed by atoms with E-state index >= 15 is 0 Å². The number of rotatable bonds is 3. The number of nitrogens with zero attached hydrogens (tertiary/aromatic N) is 3. The number of nitro benzene ring substituents is 1. The smallest absolute Gasteiger partial charge is 0.325 e. The van der Waals surface area contributed by atoms with Crippen LogP contribution in [0, 0.1) is 10.1 Å². The van der Waals surface area contributed by atoms with Crippen LogP contribution in [0.5, 0.6) is 0 Å². The minimum absolute atomic E-state index is 0.0446. The number of nitro groups is 1. The fourth-order valence-electron chi connectivity index (χ4n) is 2.38. The van der Waals surface area contributed by atoms with Crippen molar-refractivity contribution in [1.29, 1.82) is 0 Å². The number of carbonyl (C=O) groups is 1. The van der Waals surface area contributed by atoms with Gasteiger partial charge in [0.15, 0.2) is 11.1 Å². The lowest BCUT2D eigenvalue weighted by molar-refractivity contribution is -0.383. The van der Waals surface area contributed by atoms with Gasteiger partial charge < -0.3 is 20.2 Å². The quantitative estimate of drug-likeness (QED) is 0.624. The standard InChI is InChI=1S/C12H12N4O5/c13-12(10(17)18)4-5-15(6-12)11-14-9-7(16(19)20)2-1-3-8(9)21-11/h1-3H,4-6,13H2,(H,17,18). The second-order valence-electron chi connectivity index (χ2n) is 5.01. The van der Waals surface area contributed by atoms with Gasteiger partial charge in [0, 0.05) is 12.6 Å². The molecule has 1 saturated heterocycles. The number of carboxylic acid groups (broad SMARTS) is 1. The van der Waals surface area contributed by atoms with E-state index in [4.69, 9.17) is 15.3 Å². The van der Waals surface area contributed by atoms with Crippen molar-refractivity contribution in [1.82, 2.24) is 4.98 Å². The molecule has 1 unspecified atom stereocenters. The normalized spacial score (nSPS) is 21.9. The first-order valence-electron chi connectivity index (χ1n) is 6.22. The molecule has 1 fully saturated rings.